The van der Waals surface area contributed by atoms with Crippen molar-refractivity contribution in [3.8, 4) is 17.1 Å². The van der Waals surface area contributed by atoms with E-state index < -0.39 is 20.7 Å². The molecule has 0 spiro atoms. The van der Waals surface area contributed by atoms with Crippen LogP contribution in [-0.4, -0.2) is 51.1 Å². The van der Waals surface area contributed by atoms with Crippen LogP contribution in [0, 0.1) is 0 Å². The predicted molar refractivity (Wildman–Crippen MR) is 130 cm³/mol. The Balaban J connectivity index is 1.50. The molecule has 1 saturated carbocycles. The molecule has 0 bridgehead atoms. The highest BCUT2D eigenvalue weighted by molar-refractivity contribution is 7.93. The highest BCUT2D eigenvalue weighted by atomic mass is 32.2. The van der Waals surface area contributed by atoms with Crippen molar-refractivity contribution in [2.45, 2.75) is 50.7 Å². The van der Waals surface area contributed by atoms with Crippen molar-refractivity contribution < 1.29 is 17.9 Å². The zero-order valence-corrected chi connectivity index (χ0v) is 20.5. The van der Waals surface area contributed by atoms with E-state index in [-0.39, 0.29) is 11.9 Å². The van der Waals surface area contributed by atoms with Crippen molar-refractivity contribution in [2.24, 2.45) is 0 Å². The summed E-state index contributed by atoms with van der Waals surface area (Å²) in [5.41, 5.74) is 0.682. The van der Waals surface area contributed by atoms with E-state index in [4.69, 9.17) is 4.74 Å². The van der Waals surface area contributed by atoms with E-state index in [9.17, 15) is 13.2 Å². The lowest BCUT2D eigenvalue weighted by molar-refractivity contribution is -0.121. The first kappa shape index (κ1) is 24.5. The monoisotopic (exact) mass is 497 g/mol. The molecule has 1 amide bonds. The number of pyridine rings is 1. The fourth-order valence-corrected chi connectivity index (χ4v) is 4.62. The molecule has 1 fully saturated rings. The fraction of sp³-hybridized carbons (Fsp3) is 0.391. The summed E-state index contributed by atoms with van der Waals surface area (Å²) in [6.45, 7) is 5.95. The van der Waals surface area contributed by atoms with Crippen LogP contribution in [0.4, 0.5) is 11.8 Å². The highest BCUT2D eigenvalue weighted by Crippen LogP contribution is 2.31. The molecule has 1 unspecified atom stereocenters. The minimum atomic E-state index is -3.51. The maximum Gasteiger partial charge on any atom is 0.237 e. The van der Waals surface area contributed by atoms with Gasteiger partial charge in [0.05, 0.1) is 41.1 Å². The summed E-state index contributed by atoms with van der Waals surface area (Å²) >= 11 is 0. The van der Waals surface area contributed by atoms with Gasteiger partial charge < -0.3 is 10.1 Å². The van der Waals surface area contributed by atoms with Gasteiger partial charge in [-0.15, -0.1) is 0 Å². The highest BCUT2D eigenvalue weighted by Gasteiger charge is 2.38. The zero-order valence-electron chi connectivity index (χ0n) is 19.7. The number of carbonyl (C=O) groups excluding carboxylic acids is 1. The molecule has 4 rings (SSSR count). The van der Waals surface area contributed by atoms with Crippen LogP contribution < -0.4 is 14.8 Å². The molecule has 12 heteroatoms. The van der Waals surface area contributed by atoms with E-state index >= 15 is 0 Å². The molecule has 1 aliphatic carbocycles. The second-order valence-electron chi connectivity index (χ2n) is 8.36. The third-order valence-electron chi connectivity index (χ3n) is 5.83. The second kappa shape index (κ2) is 9.90. The van der Waals surface area contributed by atoms with Crippen LogP contribution in [0.15, 0.2) is 43.0 Å². The average molecular weight is 498 g/mol. The third-order valence-corrected chi connectivity index (χ3v) is 7.65. The summed E-state index contributed by atoms with van der Waals surface area (Å²) in [6.07, 6.45) is 7.85. The smallest absolute Gasteiger partial charge is 0.237 e. The number of hydrogen-bond donors (Lipinski definition) is 2. The Kier molecular flexibility index (Phi) is 6.92. The minimum absolute atomic E-state index is 0.0419. The van der Waals surface area contributed by atoms with Gasteiger partial charge in [-0.3, -0.25) is 14.5 Å². The molecular formula is C23H27N7O4S. The van der Waals surface area contributed by atoms with Crippen molar-refractivity contribution in [2.75, 3.05) is 16.6 Å². The summed E-state index contributed by atoms with van der Waals surface area (Å²) in [5.74, 6) is 0.411. The SMILES string of the molecule is CCOc1cncc(-c2ccc(NC(=O)C(C)(CC)c3ccnc(NS(=O)(=O)C4CC4)n3)nc2)n1. The predicted octanol–water partition coefficient (Wildman–Crippen LogP) is 2.94. The first-order valence-corrected chi connectivity index (χ1v) is 12.9. The number of aromatic nitrogens is 5. The van der Waals surface area contributed by atoms with Crippen LogP contribution in [0.5, 0.6) is 5.88 Å². The van der Waals surface area contributed by atoms with Crippen molar-refractivity contribution >= 4 is 27.7 Å². The lowest BCUT2D eigenvalue weighted by atomic mass is 9.82. The van der Waals surface area contributed by atoms with Crippen molar-refractivity contribution in [1.29, 1.82) is 0 Å². The molecule has 11 nitrogen and oxygen atoms in total. The van der Waals surface area contributed by atoms with Gasteiger partial charge in [-0.25, -0.2) is 28.4 Å². The number of anilines is 2. The summed E-state index contributed by atoms with van der Waals surface area (Å²) in [7, 11) is -3.51. The molecule has 1 aliphatic rings. The van der Waals surface area contributed by atoms with Gasteiger partial charge in [0.2, 0.25) is 27.8 Å². The van der Waals surface area contributed by atoms with E-state index in [0.717, 1.165) is 5.56 Å². The van der Waals surface area contributed by atoms with Crippen LogP contribution in [0.2, 0.25) is 0 Å². The molecule has 2 N–H and O–H groups in total. The van der Waals surface area contributed by atoms with Gasteiger partial charge in [0.1, 0.15) is 5.82 Å². The Morgan fingerprint density at radius 1 is 1.11 bits per heavy atom. The average Bonchev–Trinajstić information content (AvgIpc) is 3.71. The molecule has 0 aliphatic heterocycles. The van der Waals surface area contributed by atoms with Crippen molar-refractivity contribution in [1.82, 2.24) is 24.9 Å². The molecule has 184 valence electrons. The molecule has 0 aromatic carbocycles. The fourth-order valence-electron chi connectivity index (χ4n) is 3.34. The van der Waals surface area contributed by atoms with Gasteiger partial charge in [0.25, 0.3) is 0 Å². The number of carbonyl (C=O) groups is 1. The van der Waals surface area contributed by atoms with Crippen LogP contribution in [0.25, 0.3) is 11.3 Å². The Labute approximate surface area is 203 Å². The van der Waals surface area contributed by atoms with Gasteiger partial charge in [0, 0.05) is 18.0 Å². The molecule has 0 radical (unpaired) electrons. The molecule has 3 aromatic rings. The Morgan fingerprint density at radius 2 is 1.91 bits per heavy atom. The van der Waals surface area contributed by atoms with Gasteiger partial charge >= 0.3 is 0 Å². The summed E-state index contributed by atoms with van der Waals surface area (Å²) in [5, 5.41) is 2.42. The van der Waals surface area contributed by atoms with Crippen LogP contribution in [0.1, 0.15) is 45.7 Å². The number of nitrogens with one attached hydrogen (secondary N) is 2. The third kappa shape index (κ3) is 5.53. The summed E-state index contributed by atoms with van der Waals surface area (Å²) in [4.78, 5) is 34.5. The molecule has 3 aromatic heterocycles. The van der Waals surface area contributed by atoms with Gasteiger partial charge in [-0.2, -0.15) is 0 Å². The number of sulfonamides is 1. The summed E-state index contributed by atoms with van der Waals surface area (Å²) < 4.78 is 32.3. The van der Waals surface area contributed by atoms with E-state index in [0.29, 0.717) is 49.0 Å². The van der Waals surface area contributed by atoms with Crippen LogP contribution in [-0.2, 0) is 20.2 Å². The quantitative estimate of drug-likeness (QED) is 0.431. The number of hydrogen-bond acceptors (Lipinski definition) is 9. The number of amides is 1. The number of rotatable bonds is 10. The maximum atomic E-state index is 13.3. The normalized spacial score (nSPS) is 15.2. The lowest BCUT2D eigenvalue weighted by Crippen LogP contribution is -2.38. The van der Waals surface area contributed by atoms with Crippen LogP contribution >= 0.6 is 0 Å². The molecule has 35 heavy (non-hydrogen) atoms. The van der Waals surface area contributed by atoms with Gasteiger partial charge in [-0.05, 0) is 51.3 Å². The second-order valence-corrected chi connectivity index (χ2v) is 10.3. The Bertz CT molecular complexity index is 1310. The largest absolute Gasteiger partial charge is 0.477 e. The first-order valence-electron chi connectivity index (χ1n) is 11.3. The van der Waals surface area contributed by atoms with E-state index in [1.165, 1.54) is 12.4 Å². The zero-order chi connectivity index (χ0) is 25.1. The first-order chi connectivity index (χ1) is 16.7. The van der Waals surface area contributed by atoms with Crippen LogP contribution in [0.3, 0.4) is 0 Å². The minimum Gasteiger partial charge on any atom is -0.477 e. The van der Waals surface area contributed by atoms with Crippen molar-refractivity contribution in [3.63, 3.8) is 0 Å². The van der Waals surface area contributed by atoms with E-state index in [2.05, 4.69) is 35.0 Å². The lowest BCUT2D eigenvalue weighted by Gasteiger charge is -2.26. The Hall–Kier alpha value is -3.67. The molecule has 0 saturated heterocycles. The summed E-state index contributed by atoms with van der Waals surface area (Å²) in [6, 6.07) is 5.06. The standard InChI is InChI=1S/C23H27N7O4S/c1-4-23(3,18-10-11-25-22(28-18)30-35(32,33)16-7-8-16)21(31)29-19-9-6-15(12-26-19)17-13-24-14-20(27-17)34-5-2/h6,9-14,16H,4-5,7-8H2,1-3H3,(H,25,28,30)(H,26,29,31). The Morgan fingerprint density at radius 3 is 2.57 bits per heavy atom. The maximum absolute atomic E-state index is 13.3. The van der Waals surface area contributed by atoms with Gasteiger partial charge in [-0.1, -0.05) is 6.92 Å². The molecular weight excluding hydrogens is 470 g/mol. The number of nitrogens with zero attached hydrogens (tertiary/aromatic N) is 5. The van der Waals surface area contributed by atoms with Crippen molar-refractivity contribution in [3.05, 3.63) is 48.7 Å². The molecule has 3 heterocycles. The molecule has 1 atom stereocenters. The van der Waals surface area contributed by atoms with E-state index in [1.54, 1.807) is 37.5 Å². The number of ether oxygens (including phenoxy) is 1. The van der Waals surface area contributed by atoms with Gasteiger partial charge in [0.15, 0.2) is 0 Å². The van der Waals surface area contributed by atoms with E-state index in [1.807, 2.05) is 13.8 Å². The topological polar surface area (TPSA) is 149 Å².